The van der Waals surface area contributed by atoms with Crippen molar-refractivity contribution in [3.63, 3.8) is 0 Å². The van der Waals surface area contributed by atoms with Crippen molar-refractivity contribution in [2.24, 2.45) is 0 Å². The number of benzene rings is 1. The highest BCUT2D eigenvalue weighted by atomic mass is 35.5. The molecule has 0 unspecified atom stereocenters. The third kappa shape index (κ3) is 2.85. The van der Waals surface area contributed by atoms with Gasteiger partial charge in [0, 0.05) is 5.02 Å². The first-order valence-electron chi connectivity index (χ1n) is 4.66. The number of halogens is 2. The Morgan fingerprint density at radius 2 is 2.11 bits per heavy atom. The van der Waals surface area contributed by atoms with E-state index in [2.05, 4.69) is 9.97 Å². The van der Waals surface area contributed by atoms with Gasteiger partial charge in [-0.3, -0.25) is 10.1 Å². The van der Waals surface area contributed by atoms with Crippen LogP contribution in [0, 0.1) is 10.1 Å². The maximum Gasteiger partial charge on any atom is 0.349 e. The van der Waals surface area contributed by atoms with Crippen molar-refractivity contribution in [2.75, 3.05) is 0 Å². The average molecular weight is 286 g/mol. The van der Waals surface area contributed by atoms with E-state index >= 15 is 0 Å². The molecule has 0 saturated carbocycles. The van der Waals surface area contributed by atoms with Crippen LogP contribution < -0.4 is 4.74 Å². The molecule has 0 aliphatic heterocycles. The van der Waals surface area contributed by atoms with Gasteiger partial charge >= 0.3 is 11.6 Å². The first-order valence-corrected chi connectivity index (χ1v) is 5.42. The number of ether oxygens (including phenoxy) is 1. The summed E-state index contributed by atoms with van der Waals surface area (Å²) in [5, 5.41) is 11.1. The summed E-state index contributed by atoms with van der Waals surface area (Å²) in [5.41, 5.74) is -0.376. The zero-order chi connectivity index (χ0) is 13.1. The van der Waals surface area contributed by atoms with Crippen molar-refractivity contribution in [2.45, 2.75) is 0 Å². The Labute approximate surface area is 111 Å². The van der Waals surface area contributed by atoms with Gasteiger partial charge in [0.1, 0.15) is 11.9 Å². The molecule has 8 heteroatoms. The summed E-state index contributed by atoms with van der Waals surface area (Å²) in [6, 6.07) is 6.38. The molecule has 1 aromatic carbocycles. The Morgan fingerprint density at radius 3 is 2.78 bits per heavy atom. The smallest absolute Gasteiger partial charge is 0.349 e. The second-order valence-corrected chi connectivity index (χ2v) is 3.92. The van der Waals surface area contributed by atoms with Crippen molar-refractivity contribution >= 4 is 28.9 Å². The Kier molecular flexibility index (Phi) is 3.59. The van der Waals surface area contributed by atoms with Crippen LogP contribution in [-0.2, 0) is 0 Å². The van der Waals surface area contributed by atoms with Crippen LogP contribution in [0.2, 0.25) is 10.3 Å². The Bertz CT molecular complexity index is 607. The fourth-order valence-corrected chi connectivity index (χ4v) is 1.49. The molecular formula is C10H5Cl2N3O3. The summed E-state index contributed by atoms with van der Waals surface area (Å²) < 4.78 is 5.27. The van der Waals surface area contributed by atoms with Crippen LogP contribution in [0.15, 0.2) is 30.5 Å². The molecule has 0 fully saturated rings. The fraction of sp³-hybridized carbons (Fsp3) is 0. The number of rotatable bonds is 3. The van der Waals surface area contributed by atoms with Crippen molar-refractivity contribution in [3.05, 3.63) is 50.9 Å². The Hall–Kier alpha value is -1.92. The van der Waals surface area contributed by atoms with Crippen LogP contribution >= 0.6 is 23.2 Å². The van der Waals surface area contributed by atoms with Gasteiger partial charge in [-0.2, -0.15) is 4.98 Å². The van der Waals surface area contributed by atoms with E-state index in [-0.39, 0.29) is 16.9 Å². The molecule has 0 N–H and O–H groups in total. The zero-order valence-electron chi connectivity index (χ0n) is 8.71. The standard InChI is InChI=1S/C10H5Cl2N3O3/c11-6-2-1-3-7(4-6)18-9-8(15(16)17)5-13-10(12)14-9/h1-5H. The second-order valence-electron chi connectivity index (χ2n) is 3.15. The predicted molar refractivity (Wildman–Crippen MR) is 65.2 cm³/mol. The zero-order valence-corrected chi connectivity index (χ0v) is 10.2. The second kappa shape index (κ2) is 5.16. The lowest BCUT2D eigenvalue weighted by atomic mass is 10.3. The SMILES string of the molecule is O=[N+]([O-])c1cnc(Cl)nc1Oc1cccc(Cl)c1. The monoisotopic (exact) mass is 285 g/mol. The molecule has 18 heavy (non-hydrogen) atoms. The number of hydrogen-bond acceptors (Lipinski definition) is 5. The normalized spacial score (nSPS) is 10.1. The highest BCUT2D eigenvalue weighted by Gasteiger charge is 2.19. The molecule has 2 aromatic rings. The maximum atomic E-state index is 10.8. The van der Waals surface area contributed by atoms with E-state index < -0.39 is 4.92 Å². The minimum Gasteiger partial charge on any atom is -0.434 e. The van der Waals surface area contributed by atoms with E-state index in [9.17, 15) is 10.1 Å². The predicted octanol–water partition coefficient (Wildman–Crippen LogP) is 3.48. The molecule has 92 valence electrons. The van der Waals surface area contributed by atoms with Gasteiger partial charge in [0.2, 0.25) is 5.28 Å². The van der Waals surface area contributed by atoms with E-state index in [0.717, 1.165) is 6.20 Å². The first kappa shape index (κ1) is 12.5. The van der Waals surface area contributed by atoms with E-state index in [0.29, 0.717) is 10.8 Å². The molecule has 0 amide bonds. The topological polar surface area (TPSA) is 78.2 Å². The van der Waals surface area contributed by atoms with Crippen molar-refractivity contribution in [1.29, 1.82) is 0 Å². The number of hydrogen-bond donors (Lipinski definition) is 0. The summed E-state index contributed by atoms with van der Waals surface area (Å²) in [5.74, 6) is 0.0858. The molecular weight excluding hydrogens is 281 g/mol. The number of aromatic nitrogens is 2. The number of nitrogens with zero attached hydrogens (tertiary/aromatic N) is 3. The third-order valence-corrected chi connectivity index (χ3v) is 2.33. The van der Waals surface area contributed by atoms with Gasteiger partial charge in [0.15, 0.2) is 0 Å². The van der Waals surface area contributed by atoms with Gasteiger partial charge < -0.3 is 4.74 Å². The lowest BCUT2D eigenvalue weighted by Crippen LogP contribution is -1.97. The molecule has 0 atom stereocenters. The number of nitro groups is 1. The minimum absolute atomic E-state index is 0.141. The minimum atomic E-state index is -0.657. The lowest BCUT2D eigenvalue weighted by molar-refractivity contribution is -0.386. The summed E-state index contributed by atoms with van der Waals surface area (Å²) in [6.07, 6.45) is 0.981. The van der Waals surface area contributed by atoms with Gasteiger partial charge in [-0.25, -0.2) is 4.98 Å². The van der Waals surface area contributed by atoms with Crippen LogP contribution in [0.5, 0.6) is 11.6 Å². The summed E-state index contributed by atoms with van der Waals surface area (Å²) >= 11 is 11.3. The van der Waals surface area contributed by atoms with Crippen LogP contribution in [0.25, 0.3) is 0 Å². The van der Waals surface area contributed by atoms with Crippen molar-refractivity contribution in [1.82, 2.24) is 9.97 Å². The first-order chi connectivity index (χ1) is 8.56. The molecule has 1 heterocycles. The molecule has 6 nitrogen and oxygen atoms in total. The summed E-state index contributed by atoms with van der Waals surface area (Å²) in [4.78, 5) is 17.3. The van der Waals surface area contributed by atoms with E-state index in [1.54, 1.807) is 18.2 Å². The Morgan fingerprint density at radius 1 is 1.33 bits per heavy atom. The lowest BCUT2D eigenvalue weighted by Gasteiger charge is -2.05. The highest BCUT2D eigenvalue weighted by molar-refractivity contribution is 6.30. The summed E-state index contributed by atoms with van der Waals surface area (Å²) in [6.45, 7) is 0. The molecule has 0 bridgehead atoms. The quantitative estimate of drug-likeness (QED) is 0.490. The van der Waals surface area contributed by atoms with Crippen LogP contribution in [0.4, 0.5) is 5.69 Å². The van der Waals surface area contributed by atoms with Gasteiger partial charge in [-0.15, -0.1) is 0 Å². The molecule has 1 aromatic heterocycles. The van der Waals surface area contributed by atoms with Gasteiger partial charge in [0.25, 0.3) is 0 Å². The third-order valence-electron chi connectivity index (χ3n) is 1.91. The molecule has 0 spiro atoms. The molecule has 2 rings (SSSR count). The van der Waals surface area contributed by atoms with E-state index in [1.165, 1.54) is 6.07 Å². The molecule has 0 aliphatic rings. The van der Waals surface area contributed by atoms with Gasteiger partial charge in [0.05, 0.1) is 4.92 Å². The largest absolute Gasteiger partial charge is 0.434 e. The maximum absolute atomic E-state index is 10.8. The van der Waals surface area contributed by atoms with Crippen molar-refractivity contribution in [3.8, 4) is 11.6 Å². The van der Waals surface area contributed by atoms with Crippen molar-refractivity contribution < 1.29 is 9.66 Å². The van der Waals surface area contributed by atoms with Crippen LogP contribution in [0.3, 0.4) is 0 Å². The van der Waals surface area contributed by atoms with Gasteiger partial charge in [-0.05, 0) is 29.8 Å². The van der Waals surface area contributed by atoms with Crippen LogP contribution in [-0.4, -0.2) is 14.9 Å². The molecule has 0 radical (unpaired) electrons. The van der Waals surface area contributed by atoms with Gasteiger partial charge in [-0.1, -0.05) is 17.7 Å². The Balaban J connectivity index is 2.39. The van der Waals surface area contributed by atoms with E-state index in [1.807, 2.05) is 0 Å². The fourth-order valence-electron chi connectivity index (χ4n) is 1.18. The van der Waals surface area contributed by atoms with E-state index in [4.69, 9.17) is 27.9 Å². The molecule has 0 saturated heterocycles. The average Bonchev–Trinajstić information content (AvgIpc) is 2.28. The molecule has 0 aliphatic carbocycles. The van der Waals surface area contributed by atoms with Crippen LogP contribution in [0.1, 0.15) is 0 Å². The summed E-state index contributed by atoms with van der Waals surface area (Å²) in [7, 11) is 0. The highest BCUT2D eigenvalue weighted by Crippen LogP contribution is 2.30.